The molecule has 0 saturated heterocycles. The van der Waals surface area contributed by atoms with Gasteiger partial charge in [0.2, 0.25) is 11.8 Å². The van der Waals surface area contributed by atoms with Crippen molar-refractivity contribution in [2.45, 2.75) is 25.8 Å². The fraction of sp³-hybridized carbons (Fsp3) is 0.500. The first-order valence-electron chi connectivity index (χ1n) is 6.89. The van der Waals surface area contributed by atoms with Crippen molar-refractivity contribution in [1.29, 1.82) is 0 Å². The molecule has 0 aliphatic heterocycles. The van der Waals surface area contributed by atoms with E-state index in [0.717, 1.165) is 12.2 Å². The first-order chi connectivity index (χ1) is 10.2. The van der Waals surface area contributed by atoms with Gasteiger partial charge in [0.05, 0.1) is 0 Å². The smallest absolute Gasteiger partial charge is 0.243 e. The number of hydrogen-bond acceptors (Lipinski definition) is 5. The van der Waals surface area contributed by atoms with E-state index >= 15 is 0 Å². The predicted octanol–water partition coefficient (Wildman–Crippen LogP) is 1.83. The molecule has 1 amide bonds. The second kappa shape index (κ2) is 7.87. The number of amides is 1. The lowest BCUT2D eigenvalue weighted by molar-refractivity contribution is -0.124. The minimum absolute atomic E-state index is 0.0245. The molecule has 0 aromatic carbocycles. The van der Waals surface area contributed by atoms with Crippen LogP contribution in [0.25, 0.3) is 0 Å². The van der Waals surface area contributed by atoms with Crippen LogP contribution in [0.15, 0.2) is 29.0 Å². The Morgan fingerprint density at radius 3 is 2.86 bits per heavy atom. The molecule has 0 aliphatic carbocycles. The van der Waals surface area contributed by atoms with E-state index in [1.807, 2.05) is 35.3 Å². The topological polar surface area (TPSA) is 73.0 Å². The number of carbonyl (C=O) groups excluding carboxylic acids is 1. The Kier molecular flexibility index (Phi) is 5.86. The molecule has 0 fully saturated rings. The number of hydrogen-bond donors (Lipinski definition) is 1. The molecule has 21 heavy (non-hydrogen) atoms. The van der Waals surface area contributed by atoms with Crippen molar-refractivity contribution >= 4 is 17.7 Å². The minimum Gasteiger partial charge on any atom is -0.354 e. The van der Waals surface area contributed by atoms with E-state index in [4.69, 9.17) is 4.52 Å². The van der Waals surface area contributed by atoms with Gasteiger partial charge in [-0.05, 0) is 37.5 Å². The van der Waals surface area contributed by atoms with Gasteiger partial charge < -0.3 is 14.4 Å². The summed E-state index contributed by atoms with van der Waals surface area (Å²) in [4.78, 5) is 16.4. The first kappa shape index (κ1) is 15.6. The Balaban J connectivity index is 1.86. The number of nitrogens with zero attached hydrogens (tertiary/aromatic N) is 3. The molecule has 2 rings (SSSR count). The first-order valence-corrected chi connectivity index (χ1v) is 8.28. The quantitative estimate of drug-likeness (QED) is 0.805. The molecule has 114 valence electrons. The highest BCUT2D eigenvalue weighted by molar-refractivity contribution is 7.98. The fourth-order valence-electron chi connectivity index (χ4n) is 2.05. The van der Waals surface area contributed by atoms with E-state index in [1.165, 1.54) is 0 Å². The van der Waals surface area contributed by atoms with E-state index < -0.39 is 0 Å². The molecule has 2 heterocycles. The van der Waals surface area contributed by atoms with Crippen molar-refractivity contribution in [1.82, 2.24) is 20.0 Å². The van der Waals surface area contributed by atoms with Crippen molar-refractivity contribution in [2.75, 3.05) is 18.6 Å². The van der Waals surface area contributed by atoms with Gasteiger partial charge in [0.1, 0.15) is 6.04 Å². The average molecular weight is 308 g/mol. The zero-order chi connectivity index (χ0) is 15.1. The largest absolute Gasteiger partial charge is 0.354 e. The summed E-state index contributed by atoms with van der Waals surface area (Å²) in [5, 5.41) is 6.67. The van der Waals surface area contributed by atoms with Crippen molar-refractivity contribution in [3.63, 3.8) is 0 Å². The van der Waals surface area contributed by atoms with Crippen LogP contribution in [-0.2, 0) is 11.2 Å². The fourth-order valence-corrected chi connectivity index (χ4v) is 2.51. The lowest BCUT2D eigenvalue weighted by atomic mass is 10.2. The van der Waals surface area contributed by atoms with Crippen molar-refractivity contribution in [3.8, 4) is 0 Å². The predicted molar refractivity (Wildman–Crippen MR) is 82.2 cm³/mol. The summed E-state index contributed by atoms with van der Waals surface area (Å²) >= 11 is 1.74. The van der Waals surface area contributed by atoms with E-state index in [9.17, 15) is 4.79 Å². The summed E-state index contributed by atoms with van der Waals surface area (Å²) < 4.78 is 6.97. The molecule has 7 heteroatoms. The van der Waals surface area contributed by atoms with E-state index in [1.54, 1.807) is 18.7 Å². The lowest BCUT2D eigenvalue weighted by Crippen LogP contribution is -2.34. The van der Waals surface area contributed by atoms with Crippen LogP contribution in [0.1, 0.15) is 24.2 Å². The standard InChI is InChI=1S/C14H20N4O2S/c1-11-16-13(20-17-11)5-7-15-14(19)12(6-10-21-2)18-8-3-4-9-18/h3-4,8-9,12H,5-7,10H2,1-2H3,(H,15,19)/t12-/m1/s1. The molecule has 0 spiro atoms. The maximum Gasteiger partial charge on any atom is 0.243 e. The molecule has 2 aromatic heterocycles. The van der Waals surface area contributed by atoms with Gasteiger partial charge in [-0.1, -0.05) is 5.16 Å². The summed E-state index contributed by atoms with van der Waals surface area (Å²) in [5.74, 6) is 2.13. The van der Waals surface area contributed by atoms with E-state index in [2.05, 4.69) is 15.5 Å². The summed E-state index contributed by atoms with van der Waals surface area (Å²) in [6, 6.07) is 3.69. The van der Waals surface area contributed by atoms with E-state index in [-0.39, 0.29) is 11.9 Å². The number of thioether (sulfide) groups is 1. The van der Waals surface area contributed by atoms with Gasteiger partial charge in [0, 0.05) is 25.4 Å². The number of nitrogens with one attached hydrogen (secondary N) is 1. The van der Waals surface area contributed by atoms with Crippen molar-refractivity contribution in [3.05, 3.63) is 36.2 Å². The van der Waals surface area contributed by atoms with Gasteiger partial charge in [-0.3, -0.25) is 4.79 Å². The third kappa shape index (κ3) is 4.63. The van der Waals surface area contributed by atoms with Gasteiger partial charge in [-0.15, -0.1) is 0 Å². The highest BCUT2D eigenvalue weighted by Gasteiger charge is 2.18. The molecular formula is C14H20N4O2S. The molecule has 0 bridgehead atoms. The van der Waals surface area contributed by atoms with Crippen LogP contribution in [0.4, 0.5) is 0 Å². The highest BCUT2D eigenvalue weighted by Crippen LogP contribution is 2.15. The Morgan fingerprint density at radius 1 is 1.48 bits per heavy atom. The second-order valence-electron chi connectivity index (χ2n) is 4.70. The average Bonchev–Trinajstić information content (AvgIpc) is 3.11. The summed E-state index contributed by atoms with van der Waals surface area (Å²) in [6.07, 6.45) is 7.25. The maximum atomic E-state index is 12.3. The molecule has 1 N–H and O–H groups in total. The number of carbonyl (C=O) groups is 1. The van der Waals surface area contributed by atoms with Crippen LogP contribution in [0.3, 0.4) is 0 Å². The molecule has 0 aliphatic rings. The monoisotopic (exact) mass is 308 g/mol. The van der Waals surface area contributed by atoms with Crippen LogP contribution < -0.4 is 5.32 Å². The zero-order valence-corrected chi connectivity index (χ0v) is 13.1. The normalized spacial score (nSPS) is 12.3. The molecule has 1 atom stereocenters. The Hall–Kier alpha value is -1.76. The lowest BCUT2D eigenvalue weighted by Gasteiger charge is -2.18. The van der Waals surface area contributed by atoms with Gasteiger partial charge in [0.15, 0.2) is 5.82 Å². The third-order valence-corrected chi connectivity index (χ3v) is 3.74. The molecule has 0 unspecified atom stereocenters. The van der Waals surface area contributed by atoms with Crippen LogP contribution in [0.5, 0.6) is 0 Å². The number of aromatic nitrogens is 3. The molecule has 0 radical (unpaired) electrons. The highest BCUT2D eigenvalue weighted by atomic mass is 32.2. The number of aryl methyl sites for hydroxylation is 1. The molecule has 0 saturated carbocycles. The van der Waals surface area contributed by atoms with Crippen molar-refractivity contribution < 1.29 is 9.32 Å². The van der Waals surface area contributed by atoms with Gasteiger partial charge in [0.25, 0.3) is 0 Å². The molecule has 6 nitrogen and oxygen atoms in total. The molecular weight excluding hydrogens is 288 g/mol. The summed E-state index contributed by atoms with van der Waals surface area (Å²) in [5.41, 5.74) is 0. The van der Waals surface area contributed by atoms with Gasteiger partial charge >= 0.3 is 0 Å². The summed E-state index contributed by atoms with van der Waals surface area (Å²) in [6.45, 7) is 2.27. The zero-order valence-electron chi connectivity index (χ0n) is 12.3. The van der Waals surface area contributed by atoms with E-state index in [0.29, 0.717) is 24.7 Å². The summed E-state index contributed by atoms with van der Waals surface area (Å²) in [7, 11) is 0. The minimum atomic E-state index is -0.170. The van der Waals surface area contributed by atoms with Crippen molar-refractivity contribution in [2.24, 2.45) is 0 Å². The van der Waals surface area contributed by atoms with Crippen LogP contribution in [0.2, 0.25) is 0 Å². The van der Waals surface area contributed by atoms with Crippen LogP contribution in [-0.4, -0.2) is 39.2 Å². The Labute approximate surface area is 128 Å². The third-order valence-electron chi connectivity index (χ3n) is 3.09. The second-order valence-corrected chi connectivity index (χ2v) is 5.69. The molecule has 2 aromatic rings. The Bertz CT molecular complexity index is 553. The van der Waals surface area contributed by atoms with Gasteiger partial charge in [-0.2, -0.15) is 16.7 Å². The maximum absolute atomic E-state index is 12.3. The number of rotatable bonds is 8. The Morgan fingerprint density at radius 2 is 2.24 bits per heavy atom. The SMILES string of the molecule is CSCC[C@H](C(=O)NCCc1nc(C)no1)n1cccc1. The van der Waals surface area contributed by atoms with Gasteiger partial charge in [-0.25, -0.2) is 0 Å². The van der Waals surface area contributed by atoms with Crippen LogP contribution >= 0.6 is 11.8 Å². The van der Waals surface area contributed by atoms with Crippen LogP contribution in [0, 0.1) is 6.92 Å².